The summed E-state index contributed by atoms with van der Waals surface area (Å²) in [6.07, 6.45) is 0.735. The maximum atomic E-state index is 11.7. The van der Waals surface area contributed by atoms with Gasteiger partial charge in [0.1, 0.15) is 0 Å². The number of carbonyl (C=O) groups is 1. The summed E-state index contributed by atoms with van der Waals surface area (Å²) in [5.41, 5.74) is 6.74. The number of amides is 1. The highest BCUT2D eigenvalue weighted by atomic mass is 16.2. The number of nitrogens with zero attached hydrogens (tertiary/aromatic N) is 1. The highest BCUT2D eigenvalue weighted by molar-refractivity contribution is 5.81. The van der Waals surface area contributed by atoms with Gasteiger partial charge in [-0.05, 0) is 19.3 Å². The third-order valence-corrected chi connectivity index (χ3v) is 1.93. The fourth-order valence-corrected chi connectivity index (χ4v) is 1.37. The number of carbonyl (C=O) groups excluding carboxylic acids is 1. The molecule has 82 valence electrons. The molecule has 0 aromatic heterocycles. The van der Waals surface area contributed by atoms with Crippen molar-refractivity contribution in [2.45, 2.75) is 33.2 Å². The van der Waals surface area contributed by atoms with Crippen LogP contribution in [-0.4, -0.2) is 30.4 Å². The van der Waals surface area contributed by atoms with Crippen molar-refractivity contribution in [2.24, 2.45) is 11.7 Å². The van der Waals surface area contributed by atoms with Crippen LogP contribution in [0.1, 0.15) is 27.2 Å². The largest absolute Gasteiger partial charge is 0.340 e. The molecule has 0 saturated heterocycles. The van der Waals surface area contributed by atoms with E-state index in [9.17, 15) is 4.79 Å². The molecule has 0 radical (unpaired) electrons. The maximum Gasteiger partial charge on any atom is 0.239 e. The van der Waals surface area contributed by atoms with Crippen molar-refractivity contribution in [1.82, 2.24) is 4.90 Å². The number of hydrogen-bond acceptors (Lipinski definition) is 2. The van der Waals surface area contributed by atoms with E-state index < -0.39 is 0 Å². The average Bonchev–Trinajstić information content (AvgIpc) is 2.00. The van der Waals surface area contributed by atoms with Crippen LogP contribution in [0.4, 0.5) is 0 Å². The van der Waals surface area contributed by atoms with Crippen molar-refractivity contribution >= 4 is 5.91 Å². The van der Waals surface area contributed by atoms with Crippen molar-refractivity contribution in [3.63, 3.8) is 0 Å². The first kappa shape index (κ1) is 13.2. The zero-order chi connectivity index (χ0) is 11.3. The fourth-order valence-electron chi connectivity index (χ4n) is 1.37. The highest BCUT2D eigenvalue weighted by Crippen LogP contribution is 2.05. The van der Waals surface area contributed by atoms with Gasteiger partial charge in [0, 0.05) is 13.6 Å². The summed E-state index contributed by atoms with van der Waals surface area (Å²) >= 11 is 0. The van der Waals surface area contributed by atoms with Crippen LogP contribution in [0.15, 0.2) is 12.2 Å². The minimum Gasteiger partial charge on any atom is -0.340 e. The Morgan fingerprint density at radius 1 is 1.50 bits per heavy atom. The van der Waals surface area contributed by atoms with Crippen LogP contribution < -0.4 is 5.73 Å². The Morgan fingerprint density at radius 2 is 2.00 bits per heavy atom. The first-order valence-electron chi connectivity index (χ1n) is 4.99. The Kier molecular flexibility index (Phi) is 5.46. The molecule has 0 heterocycles. The predicted octanol–water partition coefficient (Wildman–Crippen LogP) is 1.39. The predicted molar refractivity (Wildman–Crippen MR) is 59.9 cm³/mol. The molecule has 1 atom stereocenters. The summed E-state index contributed by atoms with van der Waals surface area (Å²) in [6, 6.07) is -0.376. The van der Waals surface area contributed by atoms with E-state index in [1.165, 1.54) is 0 Å². The summed E-state index contributed by atoms with van der Waals surface area (Å²) in [4.78, 5) is 13.3. The molecule has 0 aromatic carbocycles. The molecular formula is C11H22N2O. The standard InChI is InChI=1S/C11H22N2O/c1-8(2)6-10(12)11(14)13(5)7-9(3)4/h8,10H,3,6-7,12H2,1-2,4-5H3. The Hall–Kier alpha value is -0.830. The van der Waals surface area contributed by atoms with E-state index in [4.69, 9.17) is 5.73 Å². The molecule has 3 nitrogen and oxygen atoms in total. The van der Waals surface area contributed by atoms with Crippen molar-refractivity contribution < 1.29 is 4.79 Å². The molecule has 0 saturated carbocycles. The van der Waals surface area contributed by atoms with Crippen LogP contribution >= 0.6 is 0 Å². The molecule has 1 amide bonds. The van der Waals surface area contributed by atoms with Gasteiger partial charge in [0.05, 0.1) is 6.04 Å². The van der Waals surface area contributed by atoms with Crippen LogP contribution in [0.2, 0.25) is 0 Å². The molecule has 0 spiro atoms. The van der Waals surface area contributed by atoms with E-state index in [0.29, 0.717) is 12.5 Å². The van der Waals surface area contributed by atoms with Crippen molar-refractivity contribution in [3.8, 4) is 0 Å². The molecular weight excluding hydrogens is 176 g/mol. The second-order valence-corrected chi connectivity index (χ2v) is 4.39. The molecule has 0 aliphatic rings. The lowest BCUT2D eigenvalue weighted by atomic mass is 10.0. The van der Waals surface area contributed by atoms with Gasteiger partial charge >= 0.3 is 0 Å². The van der Waals surface area contributed by atoms with E-state index in [2.05, 4.69) is 20.4 Å². The van der Waals surface area contributed by atoms with Gasteiger partial charge in [0.15, 0.2) is 0 Å². The summed E-state index contributed by atoms with van der Waals surface area (Å²) < 4.78 is 0. The van der Waals surface area contributed by atoms with Gasteiger partial charge in [-0.3, -0.25) is 4.79 Å². The molecule has 3 heteroatoms. The summed E-state index contributed by atoms with van der Waals surface area (Å²) in [6.45, 7) is 10.4. The fraction of sp³-hybridized carbons (Fsp3) is 0.727. The summed E-state index contributed by atoms with van der Waals surface area (Å²) in [5.74, 6) is 0.453. The summed E-state index contributed by atoms with van der Waals surface area (Å²) in [7, 11) is 1.76. The number of hydrogen-bond donors (Lipinski definition) is 1. The van der Waals surface area contributed by atoms with Crippen LogP contribution in [-0.2, 0) is 4.79 Å². The van der Waals surface area contributed by atoms with E-state index in [1.54, 1.807) is 11.9 Å². The second-order valence-electron chi connectivity index (χ2n) is 4.39. The number of nitrogens with two attached hydrogens (primary N) is 1. The van der Waals surface area contributed by atoms with Crippen molar-refractivity contribution in [2.75, 3.05) is 13.6 Å². The first-order chi connectivity index (χ1) is 6.34. The van der Waals surface area contributed by atoms with Crippen molar-refractivity contribution in [3.05, 3.63) is 12.2 Å². The lowest BCUT2D eigenvalue weighted by molar-refractivity contribution is -0.131. The van der Waals surface area contributed by atoms with Gasteiger partial charge in [-0.25, -0.2) is 0 Å². The van der Waals surface area contributed by atoms with E-state index in [1.807, 2.05) is 6.92 Å². The molecule has 0 aromatic rings. The van der Waals surface area contributed by atoms with Gasteiger partial charge in [-0.2, -0.15) is 0 Å². The minimum absolute atomic E-state index is 0.00157. The van der Waals surface area contributed by atoms with Gasteiger partial charge in [-0.1, -0.05) is 26.0 Å². The molecule has 0 aliphatic heterocycles. The normalized spacial score (nSPS) is 12.7. The maximum absolute atomic E-state index is 11.7. The minimum atomic E-state index is -0.376. The van der Waals surface area contributed by atoms with E-state index >= 15 is 0 Å². The lowest BCUT2D eigenvalue weighted by Crippen LogP contribution is -2.42. The topological polar surface area (TPSA) is 46.3 Å². The van der Waals surface area contributed by atoms with Crippen LogP contribution in [0, 0.1) is 5.92 Å². The van der Waals surface area contributed by atoms with Gasteiger partial charge < -0.3 is 10.6 Å². The van der Waals surface area contributed by atoms with Gasteiger partial charge in [0.2, 0.25) is 5.91 Å². The Balaban J connectivity index is 4.10. The van der Waals surface area contributed by atoms with Crippen molar-refractivity contribution in [1.29, 1.82) is 0 Å². The van der Waals surface area contributed by atoms with E-state index in [-0.39, 0.29) is 11.9 Å². The first-order valence-corrected chi connectivity index (χ1v) is 4.99. The molecule has 0 bridgehead atoms. The van der Waals surface area contributed by atoms with Crippen LogP contribution in [0.5, 0.6) is 0 Å². The Morgan fingerprint density at radius 3 is 2.36 bits per heavy atom. The molecule has 14 heavy (non-hydrogen) atoms. The quantitative estimate of drug-likeness (QED) is 0.679. The third kappa shape index (κ3) is 5.02. The SMILES string of the molecule is C=C(C)CN(C)C(=O)C(N)CC(C)C. The Labute approximate surface area is 87.0 Å². The zero-order valence-corrected chi connectivity index (χ0v) is 9.71. The molecule has 0 aliphatic carbocycles. The lowest BCUT2D eigenvalue weighted by Gasteiger charge is -2.22. The molecule has 1 unspecified atom stereocenters. The van der Waals surface area contributed by atoms with E-state index in [0.717, 1.165) is 12.0 Å². The monoisotopic (exact) mass is 198 g/mol. The smallest absolute Gasteiger partial charge is 0.239 e. The number of likely N-dealkylation sites (N-methyl/N-ethyl adjacent to an activating group) is 1. The second kappa shape index (κ2) is 5.81. The summed E-state index contributed by atoms with van der Waals surface area (Å²) in [5, 5.41) is 0. The molecule has 0 rings (SSSR count). The number of rotatable bonds is 5. The van der Waals surface area contributed by atoms with Crippen LogP contribution in [0.25, 0.3) is 0 Å². The van der Waals surface area contributed by atoms with Gasteiger partial charge in [-0.15, -0.1) is 0 Å². The third-order valence-electron chi connectivity index (χ3n) is 1.93. The van der Waals surface area contributed by atoms with Gasteiger partial charge in [0.25, 0.3) is 0 Å². The van der Waals surface area contributed by atoms with Crippen LogP contribution in [0.3, 0.4) is 0 Å². The molecule has 0 fully saturated rings. The zero-order valence-electron chi connectivity index (χ0n) is 9.71. The average molecular weight is 198 g/mol. The Bertz CT molecular complexity index is 211. The molecule has 2 N–H and O–H groups in total. The highest BCUT2D eigenvalue weighted by Gasteiger charge is 2.18.